The zero-order valence-corrected chi connectivity index (χ0v) is 93.0. The molecule has 5 aromatic heterocycles. The van der Waals surface area contributed by atoms with E-state index in [0.717, 1.165) is 64.4 Å². The van der Waals surface area contributed by atoms with E-state index in [-0.39, 0.29) is 0 Å². The van der Waals surface area contributed by atoms with Crippen LogP contribution in [0, 0.1) is 0 Å². The number of nitrogens with one attached hydrogen (secondary N) is 2. The third-order valence-electron chi connectivity index (χ3n) is 27.5. The smallest absolute Gasteiger partial charge is 0.231 e. The van der Waals surface area contributed by atoms with Crippen LogP contribution in [-0.2, 0) is 19.3 Å². The maximum atomic E-state index is 5.49. The Bertz CT molecular complexity index is 6950. The van der Waals surface area contributed by atoms with Crippen molar-refractivity contribution in [1.82, 2.24) is 15.0 Å². The Hall–Kier alpha value is -13.8. The van der Waals surface area contributed by atoms with Crippen LogP contribution in [0.15, 0.2) is 338 Å². The van der Waals surface area contributed by atoms with Gasteiger partial charge in [0.2, 0.25) is 13.6 Å². The van der Waals surface area contributed by atoms with E-state index >= 15 is 0 Å². The van der Waals surface area contributed by atoms with Crippen molar-refractivity contribution >= 4 is 86.6 Å². The van der Waals surface area contributed by atoms with Crippen LogP contribution >= 0.6 is 11.3 Å². The van der Waals surface area contributed by atoms with Gasteiger partial charge in [-0.15, -0.1) is 11.3 Å². The second-order valence-electron chi connectivity index (χ2n) is 42.5. The average molecular weight is 2000 g/mol. The molecule has 0 amide bonds. The number of H-pyrrole nitrogens is 2. The molecule has 0 unspecified atom stereocenters. The first-order valence-corrected chi connectivity index (χ1v) is 54.6. The predicted octanol–water partition coefficient (Wildman–Crippen LogP) is 39.2. The summed E-state index contributed by atoms with van der Waals surface area (Å²) in [6.07, 6.45) is 12.6. The second kappa shape index (κ2) is 54.7. The highest BCUT2D eigenvalue weighted by atomic mass is 32.1. The summed E-state index contributed by atoms with van der Waals surface area (Å²) < 4.78 is 44.1. The number of pyridine rings is 1. The van der Waals surface area contributed by atoms with Crippen LogP contribution in [0.3, 0.4) is 0 Å². The fourth-order valence-electron chi connectivity index (χ4n) is 18.1. The lowest BCUT2D eigenvalue weighted by atomic mass is 9.96. The molecule has 0 saturated carbocycles. The summed E-state index contributed by atoms with van der Waals surface area (Å²) in [4.78, 5) is 10.7. The van der Waals surface area contributed by atoms with Gasteiger partial charge in [0.25, 0.3) is 0 Å². The molecule has 11 nitrogen and oxygen atoms in total. The number of furan rings is 1. The minimum absolute atomic E-state index is 0.358. The summed E-state index contributed by atoms with van der Waals surface area (Å²) in [5.41, 5.74) is 25.6. The third-order valence-corrected chi connectivity index (χ3v) is 28.4. The van der Waals surface area contributed by atoms with E-state index in [9.17, 15) is 0 Å². The number of aromatic amines is 2. The van der Waals surface area contributed by atoms with Gasteiger partial charge in [-0.3, -0.25) is 4.98 Å². The average Bonchev–Trinajstić information content (AvgIpc) is 1.75. The highest BCUT2D eigenvalue weighted by Gasteiger charge is 2.21. The van der Waals surface area contributed by atoms with Crippen molar-refractivity contribution in [2.75, 3.05) is 33.4 Å². The Morgan fingerprint density at radius 1 is 0.257 bits per heavy atom. The van der Waals surface area contributed by atoms with Crippen LogP contribution in [0.1, 0.15) is 327 Å². The van der Waals surface area contributed by atoms with Crippen LogP contribution < -0.4 is 33.2 Å². The standard InChI is InChI=1S/2C13H14.C12H13N.C12H16.2C11H13N.C11H14O2.C11H14O.C11H12O.C11H12S.2C10H12O2/c1-10(2)12-9-5-7-11-6-3-4-8-13(11)12;1-10(2)12-8-7-11-5-3-4-6-13(11)9-12;1-9(2)10-5-6-12-11(8-10)4-3-7-13-12;1-9(2)11-7-6-10-4-3-5-12(10)8-11;1-8(2)9-3-4-11-10(7-9)5-6-12-11;1-8(2)9-4-3-5-11-10(9)6-7-12-11;1-8(2)9-3-4-10-11(7-9)13-6-5-12-10;3*1-8(2)9-3-4-11-10(7-9)5-6-12-11;1-7(2)8-3-4-9-10(5-8)12-6-11-9;1-7(2)8-4-3-5-9-10(8)12-6-11-9/h2*3-10H,1-2H3;3-9H,1-2H3;6-9H,3-5H2,1-2H3;2*3-8,12H,1-2H3;3-4,7-8H,5-6H2,1-2H3;3-4,7-8H,5-6H2,1-2H3;2*3-8H,1-2H3;2*3-5,7H,6H2,1-2H3. The molecule has 0 spiro atoms. The molecule has 14 aromatic carbocycles. The van der Waals surface area contributed by atoms with Gasteiger partial charge in [0, 0.05) is 62.5 Å². The molecule has 0 saturated heterocycles. The second-order valence-corrected chi connectivity index (χ2v) is 43.4. The lowest BCUT2D eigenvalue weighted by Crippen LogP contribution is -2.15. The molecule has 9 heterocycles. The first-order valence-electron chi connectivity index (χ1n) is 53.7. The number of benzene rings is 14. The number of fused-ring (bicyclic) bond motifs is 12. The van der Waals surface area contributed by atoms with Crippen molar-refractivity contribution < 1.29 is 37.6 Å². The Labute approximate surface area is 886 Å². The minimum Gasteiger partial charge on any atom is -0.493 e. The lowest BCUT2D eigenvalue weighted by molar-refractivity contribution is 0.171. The zero-order valence-electron chi connectivity index (χ0n) is 92.2. The summed E-state index contributed by atoms with van der Waals surface area (Å²) in [5.74, 6) is 13.5. The Kier molecular flexibility index (Phi) is 41.2. The van der Waals surface area contributed by atoms with E-state index in [1.807, 2.05) is 78.5 Å². The van der Waals surface area contributed by atoms with Crippen molar-refractivity contribution in [3.8, 4) is 40.2 Å². The van der Waals surface area contributed by atoms with Gasteiger partial charge < -0.3 is 47.5 Å². The van der Waals surface area contributed by atoms with Crippen LogP contribution in [0.5, 0.6) is 40.2 Å². The highest BCUT2D eigenvalue weighted by Crippen LogP contribution is 2.41. The van der Waals surface area contributed by atoms with Crippen molar-refractivity contribution in [1.29, 1.82) is 0 Å². The fraction of sp³-hybridized carbons (Fsp3) is 0.331. The normalized spacial score (nSPS) is 12.5. The molecule has 12 heteroatoms. The van der Waals surface area contributed by atoms with Gasteiger partial charge in [0.15, 0.2) is 34.5 Å². The molecular formula is C136H159N3O8S. The van der Waals surface area contributed by atoms with E-state index in [0.29, 0.717) is 97.8 Å². The first-order chi connectivity index (χ1) is 71.3. The Morgan fingerprint density at radius 2 is 0.709 bits per heavy atom. The molecule has 0 radical (unpaired) electrons. The van der Waals surface area contributed by atoms with E-state index < -0.39 is 0 Å². The van der Waals surface area contributed by atoms with Crippen molar-refractivity contribution in [2.45, 2.75) is 263 Å². The molecule has 4 aliphatic heterocycles. The van der Waals surface area contributed by atoms with E-state index in [2.05, 4.69) is 441 Å². The fourth-order valence-corrected chi connectivity index (χ4v) is 18.9. The maximum absolute atomic E-state index is 5.49. The van der Waals surface area contributed by atoms with Crippen LogP contribution in [0.4, 0.5) is 0 Å². The van der Waals surface area contributed by atoms with Crippen molar-refractivity contribution in [3.63, 3.8) is 0 Å². The number of aryl methyl sites for hydroxylation is 2. The number of nitrogens with zero attached hydrogens (tertiary/aromatic N) is 1. The van der Waals surface area contributed by atoms with Crippen LogP contribution in [-0.4, -0.2) is 48.4 Å². The largest absolute Gasteiger partial charge is 0.493 e. The van der Waals surface area contributed by atoms with Crippen LogP contribution in [0.25, 0.3) is 75.3 Å². The predicted molar refractivity (Wildman–Crippen MR) is 630 cm³/mol. The van der Waals surface area contributed by atoms with Gasteiger partial charge in [-0.2, -0.15) is 0 Å². The van der Waals surface area contributed by atoms with Gasteiger partial charge in [-0.25, -0.2) is 0 Å². The topological polar surface area (TPSA) is 122 Å². The molecule has 19 aromatic rings. The number of rotatable bonds is 12. The first kappa shape index (κ1) is 111. The molecule has 772 valence electrons. The molecule has 2 N–H and O–H groups in total. The van der Waals surface area contributed by atoms with Crippen molar-refractivity contribution in [2.24, 2.45) is 0 Å². The van der Waals surface area contributed by atoms with Gasteiger partial charge in [-0.1, -0.05) is 354 Å². The molecule has 0 fully saturated rings. The monoisotopic (exact) mass is 1990 g/mol. The number of thiophene rings is 1. The quantitative estimate of drug-likeness (QED) is 0.123. The zero-order chi connectivity index (χ0) is 105. The summed E-state index contributed by atoms with van der Waals surface area (Å²) in [6.45, 7) is 55.9. The van der Waals surface area contributed by atoms with Gasteiger partial charge in [-0.05, 0) is 321 Å². The van der Waals surface area contributed by atoms with E-state index in [1.54, 1.807) is 17.4 Å². The SMILES string of the molecule is CC(C)c1ccc2[nH]ccc2c1.CC(C)c1ccc2c(c1)CCC2.CC(C)c1ccc2c(c1)CCO2.CC(C)c1ccc2c(c1)OCCO2.CC(C)c1ccc2c(c1)OCO2.CC(C)c1ccc2ccccc2c1.CC(C)c1ccc2ncccc2c1.CC(C)c1ccc2occc2c1.CC(C)c1ccc2sccc2c1.CC(C)c1cccc2[nH]ccc12.CC(C)c1cccc2c1OCO2.CC(C)c1cccc2ccccc12. The van der Waals surface area contributed by atoms with Gasteiger partial charge in [0.1, 0.15) is 24.5 Å². The third kappa shape index (κ3) is 31.4. The van der Waals surface area contributed by atoms with Crippen LogP contribution in [0.2, 0.25) is 0 Å². The summed E-state index contributed by atoms with van der Waals surface area (Å²) in [7, 11) is 0. The molecule has 5 aliphatic rings. The minimum atomic E-state index is 0.358. The molecule has 0 bridgehead atoms. The Balaban J connectivity index is 0.000000135. The van der Waals surface area contributed by atoms with Gasteiger partial charge in [0.05, 0.1) is 18.4 Å². The highest BCUT2D eigenvalue weighted by molar-refractivity contribution is 7.17. The summed E-state index contributed by atoms with van der Waals surface area (Å²) >= 11 is 1.81. The summed E-state index contributed by atoms with van der Waals surface area (Å²) in [6, 6.07) is 107. The maximum Gasteiger partial charge on any atom is 0.231 e. The van der Waals surface area contributed by atoms with E-state index in [4.69, 9.17) is 37.6 Å². The molecule has 24 rings (SSSR count). The van der Waals surface area contributed by atoms with Gasteiger partial charge >= 0.3 is 0 Å². The lowest BCUT2D eigenvalue weighted by Gasteiger charge is -2.19. The molecular weight excluding hydrogens is 1840 g/mol. The summed E-state index contributed by atoms with van der Waals surface area (Å²) in [5, 5.41) is 14.0. The number of aromatic nitrogens is 3. The number of hydrogen-bond acceptors (Lipinski definition) is 10. The number of ether oxygens (including phenoxy) is 7. The number of para-hydroxylation sites is 1. The molecule has 1 aliphatic carbocycles. The number of hydrogen-bond donors (Lipinski definition) is 2. The van der Waals surface area contributed by atoms with E-state index in [1.165, 1.54) is 156 Å². The molecule has 148 heavy (non-hydrogen) atoms. The Morgan fingerprint density at radius 3 is 1.37 bits per heavy atom. The molecule has 0 atom stereocenters. The van der Waals surface area contributed by atoms with Crippen molar-refractivity contribution in [3.05, 3.63) is 417 Å².